The van der Waals surface area contributed by atoms with Gasteiger partial charge in [-0.3, -0.25) is 9.59 Å². The van der Waals surface area contributed by atoms with Crippen molar-refractivity contribution in [3.63, 3.8) is 0 Å². The van der Waals surface area contributed by atoms with Crippen LogP contribution < -0.4 is 0 Å². The average Bonchev–Trinajstić information content (AvgIpc) is 2.96. The van der Waals surface area contributed by atoms with Crippen LogP contribution in [0.3, 0.4) is 0 Å². The Morgan fingerprint density at radius 3 is 2.40 bits per heavy atom. The van der Waals surface area contributed by atoms with Crippen LogP contribution in [0.15, 0.2) is 0 Å². The van der Waals surface area contributed by atoms with Gasteiger partial charge in [-0.2, -0.15) is 0 Å². The molecule has 1 saturated carbocycles. The van der Waals surface area contributed by atoms with Gasteiger partial charge < -0.3 is 10.0 Å². The quantitative estimate of drug-likeness (QED) is 0.843. The van der Waals surface area contributed by atoms with Crippen molar-refractivity contribution in [2.75, 3.05) is 13.1 Å². The highest BCUT2D eigenvalue weighted by atomic mass is 16.4. The summed E-state index contributed by atoms with van der Waals surface area (Å²) in [5.41, 5.74) is -0.265. The Labute approximate surface area is 121 Å². The first kappa shape index (κ1) is 15.3. The third kappa shape index (κ3) is 3.53. The van der Waals surface area contributed by atoms with Crippen molar-refractivity contribution in [1.29, 1.82) is 0 Å². The molecule has 1 atom stereocenters. The smallest absolute Gasteiger partial charge is 0.303 e. The van der Waals surface area contributed by atoms with Gasteiger partial charge in [-0.25, -0.2) is 0 Å². The molecule has 1 heterocycles. The van der Waals surface area contributed by atoms with Crippen LogP contribution in [0.25, 0.3) is 0 Å². The van der Waals surface area contributed by atoms with Gasteiger partial charge in [0.2, 0.25) is 5.91 Å². The first-order valence-electron chi connectivity index (χ1n) is 7.91. The van der Waals surface area contributed by atoms with Crippen molar-refractivity contribution in [2.45, 2.75) is 58.8 Å². The van der Waals surface area contributed by atoms with E-state index in [0.29, 0.717) is 18.3 Å². The standard InChI is InChI=1S/C16H27NO3/c1-12(2)13-5-8-17(11-13)14(18)9-16(10-15(19)20)6-3-4-7-16/h12-13H,3-11H2,1-2H3,(H,19,20). The Morgan fingerprint density at radius 1 is 1.25 bits per heavy atom. The zero-order valence-electron chi connectivity index (χ0n) is 12.7. The number of carboxylic acid groups (broad SMARTS) is 1. The van der Waals surface area contributed by atoms with E-state index in [1.165, 1.54) is 0 Å². The summed E-state index contributed by atoms with van der Waals surface area (Å²) in [5, 5.41) is 9.11. The second kappa shape index (κ2) is 6.15. The molecule has 1 N–H and O–H groups in total. The van der Waals surface area contributed by atoms with Crippen molar-refractivity contribution in [3.8, 4) is 0 Å². The van der Waals surface area contributed by atoms with E-state index in [4.69, 9.17) is 5.11 Å². The lowest BCUT2D eigenvalue weighted by molar-refractivity contribution is -0.141. The van der Waals surface area contributed by atoms with E-state index in [-0.39, 0.29) is 17.7 Å². The number of hydrogen-bond donors (Lipinski definition) is 1. The van der Waals surface area contributed by atoms with Gasteiger partial charge >= 0.3 is 5.97 Å². The maximum Gasteiger partial charge on any atom is 0.303 e. The fraction of sp³-hybridized carbons (Fsp3) is 0.875. The molecule has 1 amide bonds. The van der Waals surface area contributed by atoms with Gasteiger partial charge in [-0.1, -0.05) is 26.7 Å². The van der Waals surface area contributed by atoms with Crippen LogP contribution in [0.5, 0.6) is 0 Å². The normalized spacial score (nSPS) is 25.4. The van der Waals surface area contributed by atoms with Gasteiger partial charge in [0.1, 0.15) is 0 Å². The number of aliphatic carboxylic acids is 1. The number of rotatable bonds is 5. The minimum atomic E-state index is -0.763. The lowest BCUT2D eigenvalue weighted by Crippen LogP contribution is -2.35. The SMILES string of the molecule is CC(C)C1CCN(C(=O)CC2(CC(=O)O)CCCC2)C1. The minimum absolute atomic E-state index is 0.153. The highest BCUT2D eigenvalue weighted by molar-refractivity contribution is 5.78. The van der Waals surface area contributed by atoms with Gasteiger partial charge in [0.25, 0.3) is 0 Å². The van der Waals surface area contributed by atoms with E-state index in [1.54, 1.807) is 0 Å². The predicted molar refractivity (Wildman–Crippen MR) is 77.3 cm³/mol. The van der Waals surface area contributed by atoms with Gasteiger partial charge in [0, 0.05) is 19.5 Å². The minimum Gasteiger partial charge on any atom is -0.481 e. The molecule has 20 heavy (non-hydrogen) atoms. The summed E-state index contributed by atoms with van der Waals surface area (Å²) in [5.74, 6) is 0.641. The zero-order valence-corrected chi connectivity index (χ0v) is 12.7. The first-order valence-corrected chi connectivity index (χ1v) is 7.91. The summed E-state index contributed by atoms with van der Waals surface area (Å²) in [7, 11) is 0. The summed E-state index contributed by atoms with van der Waals surface area (Å²) in [6.07, 6.45) is 5.60. The molecular formula is C16H27NO3. The van der Waals surface area contributed by atoms with E-state index in [9.17, 15) is 9.59 Å². The molecule has 2 aliphatic rings. The van der Waals surface area contributed by atoms with Crippen molar-refractivity contribution in [2.24, 2.45) is 17.3 Å². The molecule has 0 spiro atoms. The molecule has 0 aromatic rings. The number of likely N-dealkylation sites (tertiary alicyclic amines) is 1. The molecule has 4 heteroatoms. The maximum atomic E-state index is 12.5. The predicted octanol–water partition coefficient (Wildman–Crippen LogP) is 2.92. The molecule has 1 unspecified atom stereocenters. The molecule has 0 aromatic carbocycles. The molecule has 114 valence electrons. The second-order valence-electron chi connectivity index (χ2n) is 7.09. The van der Waals surface area contributed by atoms with Crippen LogP contribution in [0, 0.1) is 17.3 Å². The fourth-order valence-electron chi connectivity index (χ4n) is 3.85. The van der Waals surface area contributed by atoms with E-state index in [0.717, 1.165) is 45.2 Å². The third-order valence-electron chi connectivity index (χ3n) is 5.24. The van der Waals surface area contributed by atoms with Crippen LogP contribution in [-0.4, -0.2) is 35.0 Å². The van der Waals surface area contributed by atoms with E-state index in [2.05, 4.69) is 13.8 Å². The summed E-state index contributed by atoms with van der Waals surface area (Å²) >= 11 is 0. The number of hydrogen-bond acceptors (Lipinski definition) is 2. The molecule has 0 aromatic heterocycles. The van der Waals surface area contributed by atoms with E-state index < -0.39 is 5.97 Å². The second-order valence-corrected chi connectivity index (χ2v) is 7.09. The Hall–Kier alpha value is -1.06. The highest BCUT2D eigenvalue weighted by Gasteiger charge is 2.40. The number of carboxylic acids is 1. The van der Waals surface area contributed by atoms with E-state index in [1.807, 2.05) is 4.90 Å². The highest BCUT2D eigenvalue weighted by Crippen LogP contribution is 2.44. The lowest BCUT2D eigenvalue weighted by atomic mass is 9.79. The van der Waals surface area contributed by atoms with Crippen molar-refractivity contribution in [1.82, 2.24) is 4.90 Å². The van der Waals surface area contributed by atoms with Crippen LogP contribution in [-0.2, 0) is 9.59 Å². The van der Waals surface area contributed by atoms with Crippen LogP contribution in [0.2, 0.25) is 0 Å². The fourth-order valence-corrected chi connectivity index (χ4v) is 3.85. The van der Waals surface area contributed by atoms with Crippen molar-refractivity contribution in [3.05, 3.63) is 0 Å². The Bertz CT molecular complexity index is 372. The lowest BCUT2D eigenvalue weighted by Gasteiger charge is -2.29. The van der Waals surface area contributed by atoms with E-state index >= 15 is 0 Å². The Morgan fingerprint density at radius 2 is 1.90 bits per heavy atom. The molecule has 0 radical (unpaired) electrons. The number of amides is 1. The summed E-state index contributed by atoms with van der Waals surface area (Å²) in [6, 6.07) is 0. The van der Waals surface area contributed by atoms with Gasteiger partial charge in [-0.05, 0) is 36.5 Å². The number of carbonyl (C=O) groups is 2. The van der Waals surface area contributed by atoms with Crippen LogP contribution in [0.4, 0.5) is 0 Å². The monoisotopic (exact) mass is 281 g/mol. The molecule has 1 aliphatic carbocycles. The van der Waals surface area contributed by atoms with Gasteiger partial charge in [-0.15, -0.1) is 0 Å². The van der Waals surface area contributed by atoms with Crippen molar-refractivity contribution < 1.29 is 14.7 Å². The number of nitrogens with zero attached hydrogens (tertiary/aromatic N) is 1. The van der Waals surface area contributed by atoms with Gasteiger partial charge in [0.15, 0.2) is 0 Å². The molecule has 4 nitrogen and oxygen atoms in total. The molecule has 1 aliphatic heterocycles. The third-order valence-corrected chi connectivity index (χ3v) is 5.24. The topological polar surface area (TPSA) is 57.6 Å². The number of carbonyl (C=O) groups excluding carboxylic acids is 1. The largest absolute Gasteiger partial charge is 0.481 e. The zero-order chi connectivity index (χ0) is 14.8. The molecule has 1 saturated heterocycles. The van der Waals surface area contributed by atoms with Crippen molar-refractivity contribution >= 4 is 11.9 Å². The Kier molecular flexibility index (Phi) is 4.71. The molecule has 0 bridgehead atoms. The van der Waals surface area contributed by atoms with Gasteiger partial charge in [0.05, 0.1) is 6.42 Å². The summed E-state index contributed by atoms with van der Waals surface area (Å²) in [4.78, 5) is 25.5. The average molecular weight is 281 g/mol. The van der Waals surface area contributed by atoms with Crippen LogP contribution in [0.1, 0.15) is 58.8 Å². The molecular weight excluding hydrogens is 254 g/mol. The van der Waals surface area contributed by atoms with Crippen LogP contribution >= 0.6 is 0 Å². The maximum absolute atomic E-state index is 12.5. The first-order chi connectivity index (χ1) is 9.42. The molecule has 2 fully saturated rings. The molecule has 2 rings (SSSR count). The summed E-state index contributed by atoms with van der Waals surface area (Å²) < 4.78 is 0. The summed E-state index contributed by atoms with van der Waals surface area (Å²) in [6.45, 7) is 6.13. The Balaban J connectivity index is 1.94.